The minimum atomic E-state index is -4.81. The maximum Gasteiger partial charge on any atom is 0.573 e. The first-order valence-corrected chi connectivity index (χ1v) is 10.3. The Morgan fingerprint density at radius 1 is 1.24 bits per heavy atom. The highest BCUT2D eigenvalue weighted by atomic mass is 19.4. The molecule has 0 radical (unpaired) electrons. The maximum atomic E-state index is 12.4. The summed E-state index contributed by atoms with van der Waals surface area (Å²) in [7, 11) is 0. The summed E-state index contributed by atoms with van der Waals surface area (Å²) in [6.45, 7) is 2.86. The van der Waals surface area contributed by atoms with Gasteiger partial charge in [0.1, 0.15) is 22.8 Å². The second-order valence-corrected chi connectivity index (χ2v) is 8.40. The zero-order valence-electron chi connectivity index (χ0n) is 17.8. The van der Waals surface area contributed by atoms with Gasteiger partial charge in [-0.25, -0.2) is 4.68 Å². The second kappa shape index (κ2) is 8.03. The number of amides is 2. The molecule has 1 saturated heterocycles. The predicted molar refractivity (Wildman–Crippen MR) is 113 cm³/mol. The van der Waals surface area contributed by atoms with E-state index in [1.165, 1.54) is 12.1 Å². The van der Waals surface area contributed by atoms with Gasteiger partial charge in [0, 0.05) is 18.7 Å². The average molecular weight is 461 g/mol. The Hall–Kier alpha value is -3.68. The number of rotatable bonds is 4. The predicted octanol–water partition coefficient (Wildman–Crippen LogP) is 2.71. The lowest BCUT2D eigenvalue weighted by molar-refractivity contribution is -0.274. The number of alkyl halides is 3. The molecule has 0 atom stereocenters. The van der Waals surface area contributed by atoms with Crippen LogP contribution in [0.25, 0.3) is 11.3 Å². The van der Waals surface area contributed by atoms with Crippen molar-refractivity contribution in [3.8, 4) is 28.8 Å². The van der Waals surface area contributed by atoms with Gasteiger partial charge in [-0.05, 0) is 61.8 Å². The van der Waals surface area contributed by atoms with Crippen LogP contribution >= 0.6 is 0 Å². The molecule has 8 nitrogen and oxygen atoms in total. The summed E-state index contributed by atoms with van der Waals surface area (Å²) >= 11 is 0. The molecule has 174 valence electrons. The van der Waals surface area contributed by atoms with Gasteiger partial charge < -0.3 is 21.1 Å². The molecule has 2 heterocycles. The number of carbonyl (C=O) groups is 2. The Morgan fingerprint density at radius 3 is 2.48 bits per heavy atom. The number of nitrogens with two attached hydrogens (primary N) is 2. The van der Waals surface area contributed by atoms with E-state index < -0.39 is 18.0 Å². The third-order valence-corrected chi connectivity index (χ3v) is 6.20. The number of ether oxygens (including phenoxy) is 1. The summed E-state index contributed by atoms with van der Waals surface area (Å²) in [5, 5.41) is 4.49. The van der Waals surface area contributed by atoms with Gasteiger partial charge in [-0.2, -0.15) is 5.10 Å². The lowest BCUT2D eigenvalue weighted by Gasteiger charge is -2.45. The van der Waals surface area contributed by atoms with Gasteiger partial charge in [-0.3, -0.25) is 9.59 Å². The van der Waals surface area contributed by atoms with Gasteiger partial charge in [-0.1, -0.05) is 5.92 Å². The molecule has 1 aromatic heterocycles. The molecule has 4 rings (SSSR count). The number of aromatic nitrogens is 2. The molecule has 2 aliphatic rings. The summed E-state index contributed by atoms with van der Waals surface area (Å²) < 4.78 is 42.7. The lowest BCUT2D eigenvalue weighted by Crippen LogP contribution is -2.42. The van der Waals surface area contributed by atoms with Crippen molar-refractivity contribution in [2.45, 2.75) is 38.6 Å². The fourth-order valence-electron chi connectivity index (χ4n) is 4.73. The third kappa shape index (κ3) is 4.33. The van der Waals surface area contributed by atoms with Gasteiger partial charge in [0.25, 0.3) is 11.8 Å². The molecule has 1 aromatic carbocycles. The number of hydrogen-bond donors (Lipinski definition) is 2. The van der Waals surface area contributed by atoms with Gasteiger partial charge in [-0.15, -0.1) is 13.2 Å². The molecule has 0 bridgehead atoms. The monoisotopic (exact) mass is 461 g/mol. The highest BCUT2D eigenvalue weighted by molar-refractivity contribution is 6.03. The Bertz CT molecular complexity index is 1150. The van der Waals surface area contributed by atoms with Crippen LogP contribution in [0.4, 0.5) is 19.0 Å². The number of benzene rings is 1. The first kappa shape index (κ1) is 22.5. The van der Waals surface area contributed by atoms with E-state index in [2.05, 4.69) is 21.7 Å². The van der Waals surface area contributed by atoms with Crippen LogP contribution in [0.15, 0.2) is 24.3 Å². The zero-order valence-corrected chi connectivity index (χ0v) is 17.8. The van der Waals surface area contributed by atoms with E-state index in [1.54, 1.807) is 16.5 Å². The standard InChI is InChI=1S/C22H22F3N5O3/c1-2-3-16(31)29-9-8-21(12-29)10-14(11-21)30-19(26)17(20(27)32)18(28-30)13-4-6-15(7-5-13)33-22(23,24)25/h4-7,14H,8-12,26H2,1H3,(H2,27,32)/t14-,21-. The van der Waals surface area contributed by atoms with E-state index in [-0.39, 0.29) is 34.4 Å². The van der Waals surface area contributed by atoms with E-state index in [9.17, 15) is 22.8 Å². The largest absolute Gasteiger partial charge is 0.573 e. The summed E-state index contributed by atoms with van der Waals surface area (Å²) in [4.78, 5) is 25.9. The molecule has 4 N–H and O–H groups in total. The fraction of sp³-hybridized carbons (Fsp3) is 0.409. The molecule has 1 aliphatic heterocycles. The summed E-state index contributed by atoms with van der Waals surface area (Å²) in [6.07, 6.45) is -2.52. The number of nitrogens with zero attached hydrogens (tertiary/aromatic N) is 3. The smallest absolute Gasteiger partial charge is 0.406 e. The Balaban J connectivity index is 1.55. The van der Waals surface area contributed by atoms with Crippen LogP contribution in [0.2, 0.25) is 0 Å². The Labute approximate surface area is 187 Å². The van der Waals surface area contributed by atoms with E-state index in [1.807, 2.05) is 0 Å². The molecule has 2 fully saturated rings. The average Bonchev–Trinajstić information content (AvgIpc) is 3.28. The second-order valence-electron chi connectivity index (χ2n) is 8.40. The van der Waals surface area contributed by atoms with Crippen LogP contribution in [0.3, 0.4) is 0 Å². The first-order valence-electron chi connectivity index (χ1n) is 10.3. The molecule has 1 saturated carbocycles. The van der Waals surface area contributed by atoms with Gasteiger partial charge in [0.05, 0.1) is 6.04 Å². The van der Waals surface area contributed by atoms with Gasteiger partial charge in [0.2, 0.25) is 0 Å². The number of halogens is 3. The van der Waals surface area contributed by atoms with E-state index in [4.69, 9.17) is 11.5 Å². The van der Waals surface area contributed by atoms with Crippen molar-refractivity contribution < 1.29 is 27.5 Å². The molecule has 2 aromatic rings. The van der Waals surface area contributed by atoms with Crippen molar-refractivity contribution in [2.24, 2.45) is 11.1 Å². The van der Waals surface area contributed by atoms with Crippen molar-refractivity contribution in [1.82, 2.24) is 14.7 Å². The van der Waals surface area contributed by atoms with Crippen LogP contribution < -0.4 is 16.2 Å². The SMILES string of the molecule is CC#CC(=O)N1CC[C@]2(C1)C[C@H](n1nc(-c3ccc(OC(F)(F)F)cc3)c(C(N)=O)c1N)C2. The number of hydrogen-bond acceptors (Lipinski definition) is 5. The van der Waals surface area contributed by atoms with Crippen molar-refractivity contribution in [3.63, 3.8) is 0 Å². The molecular weight excluding hydrogens is 439 g/mol. The van der Waals surface area contributed by atoms with E-state index in [0.717, 1.165) is 31.4 Å². The van der Waals surface area contributed by atoms with E-state index in [0.29, 0.717) is 18.7 Å². The normalized spacial score (nSPS) is 21.9. The van der Waals surface area contributed by atoms with Crippen LogP contribution in [0.1, 0.15) is 42.6 Å². The van der Waals surface area contributed by atoms with Crippen LogP contribution in [0, 0.1) is 17.3 Å². The molecule has 0 unspecified atom stereocenters. The molecule has 2 amide bonds. The van der Waals surface area contributed by atoms with Gasteiger partial charge >= 0.3 is 6.36 Å². The lowest BCUT2D eigenvalue weighted by atomic mass is 9.65. The molecular formula is C22H22F3N5O3. The maximum absolute atomic E-state index is 12.4. The van der Waals surface area contributed by atoms with Crippen molar-refractivity contribution in [1.29, 1.82) is 0 Å². The minimum absolute atomic E-state index is 0.0156. The Kier molecular flexibility index (Phi) is 5.47. The van der Waals surface area contributed by atoms with Crippen LogP contribution in [-0.4, -0.2) is 45.9 Å². The molecule has 33 heavy (non-hydrogen) atoms. The van der Waals surface area contributed by atoms with Gasteiger partial charge in [0.15, 0.2) is 0 Å². The topological polar surface area (TPSA) is 116 Å². The highest BCUT2D eigenvalue weighted by Gasteiger charge is 2.51. The summed E-state index contributed by atoms with van der Waals surface area (Å²) in [5.74, 6) is 3.92. The number of anilines is 1. The first-order chi connectivity index (χ1) is 15.5. The third-order valence-electron chi connectivity index (χ3n) is 6.20. The molecule has 1 spiro atoms. The van der Waals surface area contributed by atoms with Crippen molar-refractivity contribution >= 4 is 17.6 Å². The zero-order chi connectivity index (χ0) is 24.0. The number of carbonyl (C=O) groups excluding carboxylic acids is 2. The molecule has 1 aliphatic carbocycles. The van der Waals surface area contributed by atoms with Crippen LogP contribution in [-0.2, 0) is 4.79 Å². The van der Waals surface area contributed by atoms with Crippen molar-refractivity contribution in [2.75, 3.05) is 18.8 Å². The Morgan fingerprint density at radius 2 is 1.91 bits per heavy atom. The molecule has 11 heteroatoms. The van der Waals surface area contributed by atoms with Crippen LogP contribution in [0.5, 0.6) is 5.75 Å². The quantitative estimate of drug-likeness (QED) is 0.679. The highest BCUT2D eigenvalue weighted by Crippen LogP contribution is 2.54. The van der Waals surface area contributed by atoms with Crippen molar-refractivity contribution in [3.05, 3.63) is 29.8 Å². The number of primary amides is 1. The summed E-state index contributed by atoms with van der Waals surface area (Å²) in [6, 6.07) is 4.89. The number of likely N-dealkylation sites (tertiary alicyclic amines) is 1. The minimum Gasteiger partial charge on any atom is -0.406 e. The number of nitrogen functional groups attached to an aromatic ring is 1. The summed E-state index contributed by atoms with van der Waals surface area (Å²) in [5.41, 5.74) is 12.3. The fourth-order valence-corrected chi connectivity index (χ4v) is 4.73. The van der Waals surface area contributed by atoms with E-state index >= 15 is 0 Å².